The number of hydrogen-bond acceptors (Lipinski definition) is 7. The van der Waals surface area contributed by atoms with Crippen molar-refractivity contribution < 1.29 is 22.1 Å². The molecule has 140 valence electrons. The number of carbonyl (C=O) groups is 1. The zero-order valence-corrected chi connectivity index (χ0v) is 16.6. The number of thiocarbonyl (C=S) groups is 1. The molecular formula is C18H15NO5S3. The molecule has 0 unspecified atom stereocenters. The molecule has 6 nitrogen and oxygen atoms in total. The average molecular weight is 422 g/mol. The first kappa shape index (κ1) is 19.4. The van der Waals surface area contributed by atoms with E-state index in [4.69, 9.17) is 21.1 Å². The largest absolute Gasteiger partial charge is 0.490 e. The van der Waals surface area contributed by atoms with Gasteiger partial charge in [0.2, 0.25) is 0 Å². The van der Waals surface area contributed by atoms with Crippen LogP contribution in [0.5, 0.6) is 11.5 Å². The quantitative estimate of drug-likeness (QED) is 0.435. The van der Waals surface area contributed by atoms with E-state index in [9.17, 15) is 13.2 Å². The summed E-state index contributed by atoms with van der Waals surface area (Å²) in [5.74, 6) is 0.0641. The van der Waals surface area contributed by atoms with Gasteiger partial charge in [-0.05, 0) is 42.8 Å². The van der Waals surface area contributed by atoms with Crippen LogP contribution >= 0.6 is 24.0 Å². The number of nitrogens with one attached hydrogen (secondary N) is 1. The number of ether oxygens (including phenoxy) is 1. The van der Waals surface area contributed by atoms with Crippen LogP contribution < -0.4 is 14.2 Å². The molecule has 1 aliphatic rings. The number of rotatable bonds is 6. The van der Waals surface area contributed by atoms with E-state index in [1.807, 2.05) is 0 Å². The molecule has 27 heavy (non-hydrogen) atoms. The van der Waals surface area contributed by atoms with Crippen LogP contribution in [0.4, 0.5) is 0 Å². The molecule has 1 fully saturated rings. The van der Waals surface area contributed by atoms with Crippen molar-refractivity contribution in [2.24, 2.45) is 0 Å². The third-order valence-corrected chi connectivity index (χ3v) is 5.85. The summed E-state index contributed by atoms with van der Waals surface area (Å²) in [6.07, 6.45) is 1.65. The average Bonchev–Trinajstić information content (AvgIpc) is 2.95. The van der Waals surface area contributed by atoms with Crippen molar-refractivity contribution in [3.8, 4) is 11.5 Å². The van der Waals surface area contributed by atoms with Gasteiger partial charge in [-0.25, -0.2) is 0 Å². The molecule has 0 aliphatic carbocycles. The van der Waals surface area contributed by atoms with Gasteiger partial charge in [0.15, 0.2) is 11.5 Å². The molecule has 0 aromatic heterocycles. The van der Waals surface area contributed by atoms with Crippen molar-refractivity contribution in [2.75, 3.05) is 6.61 Å². The number of hydrogen-bond donors (Lipinski definition) is 1. The second-order valence-corrected chi connectivity index (χ2v) is 8.61. The van der Waals surface area contributed by atoms with Crippen molar-refractivity contribution in [1.29, 1.82) is 0 Å². The van der Waals surface area contributed by atoms with Crippen molar-refractivity contribution in [3.63, 3.8) is 0 Å². The van der Waals surface area contributed by atoms with Crippen LogP contribution in [0.3, 0.4) is 0 Å². The fraction of sp³-hybridized carbons (Fsp3) is 0.111. The molecule has 2 aromatic rings. The third kappa shape index (κ3) is 4.68. The van der Waals surface area contributed by atoms with Crippen molar-refractivity contribution in [3.05, 3.63) is 59.0 Å². The maximum atomic E-state index is 12.4. The molecule has 0 spiro atoms. The molecule has 0 bridgehead atoms. The van der Waals surface area contributed by atoms with Gasteiger partial charge in [0.1, 0.15) is 9.22 Å². The summed E-state index contributed by atoms with van der Waals surface area (Å²) < 4.78 is 36.1. The summed E-state index contributed by atoms with van der Waals surface area (Å²) in [5.41, 5.74) is 0.658. The zero-order chi connectivity index (χ0) is 19.4. The van der Waals surface area contributed by atoms with Crippen LogP contribution in [0.1, 0.15) is 12.5 Å². The zero-order valence-electron chi connectivity index (χ0n) is 14.2. The Kier molecular flexibility index (Phi) is 5.83. The van der Waals surface area contributed by atoms with E-state index in [1.54, 1.807) is 43.3 Å². The predicted molar refractivity (Wildman–Crippen MR) is 108 cm³/mol. The van der Waals surface area contributed by atoms with Gasteiger partial charge >= 0.3 is 10.1 Å². The molecular weight excluding hydrogens is 406 g/mol. The van der Waals surface area contributed by atoms with Gasteiger partial charge in [0.25, 0.3) is 5.91 Å². The highest BCUT2D eigenvalue weighted by Gasteiger charge is 2.23. The summed E-state index contributed by atoms with van der Waals surface area (Å²) in [4.78, 5) is 12.3. The molecule has 0 radical (unpaired) electrons. The molecule has 1 amide bonds. The smallest absolute Gasteiger partial charge is 0.339 e. The van der Waals surface area contributed by atoms with Gasteiger partial charge in [-0.1, -0.05) is 48.2 Å². The van der Waals surface area contributed by atoms with E-state index in [0.717, 1.165) is 11.8 Å². The Morgan fingerprint density at radius 1 is 1.15 bits per heavy atom. The van der Waals surface area contributed by atoms with E-state index in [-0.39, 0.29) is 22.3 Å². The first-order chi connectivity index (χ1) is 12.9. The van der Waals surface area contributed by atoms with E-state index >= 15 is 0 Å². The molecule has 0 saturated carbocycles. The van der Waals surface area contributed by atoms with E-state index in [1.165, 1.54) is 18.2 Å². The molecule has 1 aliphatic heterocycles. The first-order valence-corrected chi connectivity index (χ1v) is 10.5. The van der Waals surface area contributed by atoms with Crippen LogP contribution in [0.2, 0.25) is 0 Å². The molecule has 2 aromatic carbocycles. The van der Waals surface area contributed by atoms with E-state index in [2.05, 4.69) is 5.32 Å². The van der Waals surface area contributed by atoms with Crippen LogP contribution in [0.25, 0.3) is 6.08 Å². The van der Waals surface area contributed by atoms with Gasteiger partial charge in [-0.2, -0.15) is 8.42 Å². The van der Waals surface area contributed by atoms with Gasteiger partial charge in [0, 0.05) is 0 Å². The third-order valence-electron chi connectivity index (χ3n) is 3.44. The van der Waals surface area contributed by atoms with Gasteiger partial charge in [-0.15, -0.1) is 0 Å². The number of thioether (sulfide) groups is 1. The summed E-state index contributed by atoms with van der Waals surface area (Å²) in [7, 11) is -3.99. The second-order valence-electron chi connectivity index (χ2n) is 5.34. The lowest BCUT2D eigenvalue weighted by Gasteiger charge is -2.12. The van der Waals surface area contributed by atoms with Gasteiger partial charge in [-0.3, -0.25) is 4.79 Å². The number of carbonyl (C=O) groups excluding carboxylic acids is 1. The molecule has 0 atom stereocenters. The first-order valence-electron chi connectivity index (χ1n) is 7.90. The Labute approximate surface area is 166 Å². The molecule has 1 N–H and O–H groups in total. The van der Waals surface area contributed by atoms with Crippen molar-refractivity contribution in [1.82, 2.24) is 5.32 Å². The minimum atomic E-state index is -3.99. The second kappa shape index (κ2) is 8.12. The van der Waals surface area contributed by atoms with Gasteiger partial charge < -0.3 is 14.2 Å². The van der Waals surface area contributed by atoms with Crippen LogP contribution in [-0.4, -0.2) is 25.3 Å². The molecule has 1 heterocycles. The topological polar surface area (TPSA) is 81.7 Å². The fourth-order valence-corrected chi connectivity index (χ4v) is 4.28. The monoisotopic (exact) mass is 421 g/mol. The Morgan fingerprint density at radius 3 is 2.52 bits per heavy atom. The summed E-state index contributed by atoms with van der Waals surface area (Å²) in [5, 5.41) is 2.54. The Bertz CT molecular complexity index is 1020. The highest BCUT2D eigenvalue weighted by Crippen LogP contribution is 2.33. The Balaban J connectivity index is 1.92. The summed E-state index contributed by atoms with van der Waals surface area (Å²) >= 11 is 6.13. The minimum Gasteiger partial charge on any atom is -0.490 e. The summed E-state index contributed by atoms with van der Waals surface area (Å²) in [6.45, 7) is 2.10. The maximum Gasteiger partial charge on any atom is 0.339 e. The van der Waals surface area contributed by atoms with E-state index in [0.29, 0.717) is 21.4 Å². The summed E-state index contributed by atoms with van der Waals surface area (Å²) in [6, 6.07) is 12.6. The SMILES string of the molecule is CCOc1cc(/C=C2/SC(=S)NC2=O)ccc1OS(=O)(=O)c1ccccc1. The number of benzene rings is 2. The fourth-order valence-electron chi connectivity index (χ4n) is 2.28. The molecule has 9 heteroatoms. The lowest BCUT2D eigenvalue weighted by Crippen LogP contribution is -2.17. The van der Waals surface area contributed by atoms with Crippen LogP contribution in [-0.2, 0) is 14.9 Å². The lowest BCUT2D eigenvalue weighted by atomic mass is 10.2. The van der Waals surface area contributed by atoms with Gasteiger partial charge in [0.05, 0.1) is 11.5 Å². The lowest BCUT2D eigenvalue weighted by molar-refractivity contribution is -0.115. The van der Waals surface area contributed by atoms with Crippen molar-refractivity contribution in [2.45, 2.75) is 11.8 Å². The minimum absolute atomic E-state index is 0.0474. The normalized spacial score (nSPS) is 15.7. The molecule has 3 rings (SSSR count). The Hall–Kier alpha value is -2.36. The standard InChI is InChI=1S/C18H15NO5S3/c1-2-23-15-10-12(11-16-17(20)19-18(25)26-16)8-9-14(15)24-27(21,22)13-6-4-3-5-7-13/h3-11H,2H2,1H3,(H,19,20,25)/b16-11+. The van der Waals surface area contributed by atoms with Crippen molar-refractivity contribution >= 4 is 50.4 Å². The predicted octanol–water partition coefficient (Wildman–Crippen LogP) is 3.34. The van der Waals surface area contributed by atoms with E-state index < -0.39 is 10.1 Å². The van der Waals surface area contributed by atoms with Crippen LogP contribution in [0, 0.1) is 0 Å². The highest BCUT2D eigenvalue weighted by atomic mass is 32.2. The highest BCUT2D eigenvalue weighted by molar-refractivity contribution is 8.26. The Morgan fingerprint density at radius 2 is 1.89 bits per heavy atom. The maximum absolute atomic E-state index is 12.4. The number of amides is 1. The van der Waals surface area contributed by atoms with Crippen LogP contribution in [0.15, 0.2) is 58.3 Å². The molecule has 1 saturated heterocycles.